The number of halogens is 2. The van der Waals surface area contributed by atoms with Crippen molar-refractivity contribution in [2.45, 2.75) is 13.5 Å². The summed E-state index contributed by atoms with van der Waals surface area (Å²) >= 11 is 3.35. The highest BCUT2D eigenvalue weighted by Gasteiger charge is 2.34. The molecule has 2 aromatic carbocycles. The number of carbonyl (C=O) groups is 3. The van der Waals surface area contributed by atoms with Gasteiger partial charge in [0.05, 0.1) is 13.2 Å². The Hall–Kier alpha value is -3.40. The Morgan fingerprint density at radius 2 is 1.94 bits per heavy atom. The van der Waals surface area contributed by atoms with Crippen LogP contribution in [0.4, 0.5) is 9.18 Å². The summed E-state index contributed by atoms with van der Waals surface area (Å²) in [5.41, 5.74) is 0.707. The molecule has 0 saturated carbocycles. The van der Waals surface area contributed by atoms with E-state index in [-0.39, 0.29) is 29.3 Å². The first kappa shape index (κ1) is 22.3. The number of nitrogens with one attached hydrogen (secondary N) is 1. The summed E-state index contributed by atoms with van der Waals surface area (Å²) in [5, 5.41) is 11.3. The zero-order chi connectivity index (χ0) is 22.5. The van der Waals surface area contributed by atoms with E-state index < -0.39 is 30.3 Å². The zero-order valence-electron chi connectivity index (χ0n) is 16.4. The number of imide groups is 1. The van der Waals surface area contributed by atoms with Crippen LogP contribution in [0.5, 0.6) is 11.5 Å². The predicted octanol–water partition coefficient (Wildman–Crippen LogP) is 3.54. The van der Waals surface area contributed by atoms with Crippen molar-refractivity contribution in [3.8, 4) is 11.5 Å². The van der Waals surface area contributed by atoms with Gasteiger partial charge in [0.15, 0.2) is 18.1 Å². The Labute approximate surface area is 185 Å². The minimum absolute atomic E-state index is 0.00342. The number of nitrogens with zero attached hydrogens (tertiary/aromatic N) is 1. The molecule has 0 atom stereocenters. The monoisotopic (exact) mass is 492 g/mol. The van der Waals surface area contributed by atoms with Crippen LogP contribution in [0, 0.1) is 5.82 Å². The summed E-state index contributed by atoms with van der Waals surface area (Å²) in [6.45, 7) is 1.30. The van der Waals surface area contributed by atoms with Gasteiger partial charge in [-0.2, -0.15) is 0 Å². The Morgan fingerprint density at radius 1 is 1.23 bits per heavy atom. The quantitative estimate of drug-likeness (QED) is 0.431. The van der Waals surface area contributed by atoms with Gasteiger partial charge in [0.2, 0.25) is 0 Å². The van der Waals surface area contributed by atoms with Crippen LogP contribution >= 0.6 is 15.9 Å². The third kappa shape index (κ3) is 5.21. The molecule has 1 heterocycles. The minimum Gasteiger partial charge on any atom is -0.490 e. The molecule has 3 rings (SSSR count). The van der Waals surface area contributed by atoms with Gasteiger partial charge in [-0.25, -0.2) is 14.0 Å². The second-order valence-corrected chi connectivity index (χ2v) is 7.26. The van der Waals surface area contributed by atoms with E-state index in [0.29, 0.717) is 16.6 Å². The maximum absolute atomic E-state index is 13.9. The molecule has 0 radical (unpaired) electrons. The lowest BCUT2D eigenvalue weighted by molar-refractivity contribution is -0.139. The molecule has 2 aromatic rings. The average Bonchev–Trinajstić information content (AvgIpc) is 2.98. The number of rotatable bonds is 8. The molecular formula is C21H18BrFN2O6. The molecule has 0 bridgehead atoms. The van der Waals surface area contributed by atoms with Crippen molar-refractivity contribution < 1.29 is 33.4 Å². The number of hydrogen-bond acceptors (Lipinski definition) is 5. The highest BCUT2D eigenvalue weighted by Crippen LogP contribution is 2.35. The van der Waals surface area contributed by atoms with Crippen molar-refractivity contribution in [2.24, 2.45) is 0 Å². The molecule has 3 amide bonds. The van der Waals surface area contributed by atoms with Gasteiger partial charge in [-0.1, -0.05) is 34.1 Å². The van der Waals surface area contributed by atoms with E-state index >= 15 is 0 Å². The third-order valence-electron chi connectivity index (χ3n) is 4.26. The molecule has 31 heavy (non-hydrogen) atoms. The Balaban J connectivity index is 1.87. The molecule has 162 valence electrons. The molecular weight excluding hydrogens is 475 g/mol. The number of hydrogen-bond donors (Lipinski definition) is 2. The van der Waals surface area contributed by atoms with Crippen LogP contribution in [-0.2, 0) is 16.1 Å². The molecule has 0 aliphatic carbocycles. The maximum Gasteiger partial charge on any atom is 0.341 e. The lowest BCUT2D eigenvalue weighted by Crippen LogP contribution is -2.30. The van der Waals surface area contributed by atoms with Gasteiger partial charge >= 0.3 is 12.0 Å². The van der Waals surface area contributed by atoms with Crippen molar-refractivity contribution in [1.82, 2.24) is 10.2 Å². The molecule has 1 aliphatic rings. The number of urea groups is 1. The largest absolute Gasteiger partial charge is 0.490 e. The molecule has 0 aromatic heterocycles. The number of carboxylic acids is 1. The maximum atomic E-state index is 13.9. The van der Waals surface area contributed by atoms with Crippen molar-refractivity contribution in [3.63, 3.8) is 0 Å². The molecule has 1 aliphatic heterocycles. The van der Waals surface area contributed by atoms with Gasteiger partial charge in [0.1, 0.15) is 11.5 Å². The summed E-state index contributed by atoms with van der Waals surface area (Å²) < 4.78 is 25.1. The summed E-state index contributed by atoms with van der Waals surface area (Å²) in [6, 6.07) is 8.29. The summed E-state index contributed by atoms with van der Waals surface area (Å²) in [6.07, 6.45) is 1.44. The molecule has 1 fully saturated rings. The zero-order valence-corrected chi connectivity index (χ0v) is 17.9. The highest BCUT2D eigenvalue weighted by atomic mass is 79.9. The standard InChI is InChI=1S/C21H18BrFN2O6/c1-2-30-17-8-13(14(22)9-18(17)31-11-19(26)27)7-16-20(28)25(21(29)24-16)10-12-5-3-4-6-15(12)23/h3-9H,2,10-11H2,1H3,(H,24,29)(H,26,27)/b16-7+. The van der Waals surface area contributed by atoms with Crippen LogP contribution < -0.4 is 14.8 Å². The van der Waals surface area contributed by atoms with Crippen LogP contribution in [-0.4, -0.2) is 41.1 Å². The van der Waals surface area contributed by atoms with Gasteiger partial charge in [0, 0.05) is 10.0 Å². The SMILES string of the molecule is CCOc1cc(/C=C2/NC(=O)N(Cc3ccccc3F)C2=O)c(Br)cc1OCC(=O)O. The number of carboxylic acid groups (broad SMARTS) is 1. The van der Waals surface area contributed by atoms with Crippen molar-refractivity contribution >= 4 is 39.9 Å². The normalized spacial score (nSPS) is 14.7. The molecule has 0 unspecified atom stereocenters. The second kappa shape index (κ2) is 9.61. The summed E-state index contributed by atoms with van der Waals surface area (Å²) in [4.78, 5) is 36.7. The summed E-state index contributed by atoms with van der Waals surface area (Å²) in [7, 11) is 0. The number of aliphatic carboxylic acids is 1. The first-order chi connectivity index (χ1) is 14.8. The van der Waals surface area contributed by atoms with E-state index in [1.165, 1.54) is 30.3 Å². The Bertz CT molecular complexity index is 1070. The molecule has 10 heteroatoms. The topological polar surface area (TPSA) is 105 Å². The molecule has 1 saturated heterocycles. The van der Waals surface area contributed by atoms with Gasteiger partial charge in [0.25, 0.3) is 5.91 Å². The van der Waals surface area contributed by atoms with Gasteiger partial charge in [-0.05, 0) is 36.8 Å². The lowest BCUT2D eigenvalue weighted by Gasteiger charge is -2.13. The van der Waals surface area contributed by atoms with Gasteiger partial charge < -0.3 is 19.9 Å². The van der Waals surface area contributed by atoms with Crippen LogP contribution in [0.3, 0.4) is 0 Å². The van der Waals surface area contributed by atoms with Crippen LogP contribution in [0.15, 0.2) is 46.6 Å². The first-order valence-corrected chi connectivity index (χ1v) is 9.98. The Morgan fingerprint density at radius 3 is 2.61 bits per heavy atom. The molecule has 2 N–H and O–H groups in total. The van der Waals surface area contributed by atoms with Crippen molar-refractivity contribution in [3.05, 3.63) is 63.5 Å². The lowest BCUT2D eigenvalue weighted by atomic mass is 10.1. The first-order valence-electron chi connectivity index (χ1n) is 9.19. The van der Waals surface area contributed by atoms with Crippen molar-refractivity contribution in [1.29, 1.82) is 0 Å². The van der Waals surface area contributed by atoms with Crippen molar-refractivity contribution in [2.75, 3.05) is 13.2 Å². The molecule has 8 nitrogen and oxygen atoms in total. The fourth-order valence-electron chi connectivity index (χ4n) is 2.85. The van der Waals surface area contributed by atoms with Crippen LogP contribution in [0.1, 0.15) is 18.1 Å². The average molecular weight is 493 g/mol. The van der Waals surface area contributed by atoms with Crippen LogP contribution in [0.25, 0.3) is 6.08 Å². The van der Waals surface area contributed by atoms with E-state index in [1.54, 1.807) is 19.1 Å². The van der Waals surface area contributed by atoms with E-state index in [0.717, 1.165) is 4.90 Å². The number of benzene rings is 2. The van der Waals surface area contributed by atoms with Gasteiger partial charge in [-0.3, -0.25) is 9.69 Å². The minimum atomic E-state index is -1.14. The van der Waals surface area contributed by atoms with E-state index in [4.69, 9.17) is 14.6 Å². The third-order valence-corrected chi connectivity index (χ3v) is 4.95. The van der Waals surface area contributed by atoms with E-state index in [1.807, 2.05) is 0 Å². The number of ether oxygens (including phenoxy) is 2. The Kier molecular flexibility index (Phi) is 6.91. The van der Waals surface area contributed by atoms with E-state index in [2.05, 4.69) is 21.2 Å². The smallest absolute Gasteiger partial charge is 0.341 e. The predicted molar refractivity (Wildman–Crippen MR) is 112 cm³/mol. The summed E-state index contributed by atoms with van der Waals surface area (Å²) in [5.74, 6) is -1.77. The number of amides is 3. The van der Waals surface area contributed by atoms with Gasteiger partial charge in [-0.15, -0.1) is 0 Å². The van der Waals surface area contributed by atoms with E-state index in [9.17, 15) is 18.8 Å². The van der Waals surface area contributed by atoms with Crippen LogP contribution in [0.2, 0.25) is 0 Å². The fraction of sp³-hybridized carbons (Fsp3) is 0.190. The molecule has 0 spiro atoms. The second-order valence-electron chi connectivity index (χ2n) is 6.41. The highest BCUT2D eigenvalue weighted by molar-refractivity contribution is 9.10. The number of carbonyl (C=O) groups excluding carboxylic acids is 2. The fourth-order valence-corrected chi connectivity index (χ4v) is 3.29.